The van der Waals surface area contributed by atoms with Crippen LogP contribution in [0.5, 0.6) is 5.75 Å². The highest BCUT2D eigenvalue weighted by atomic mass is 17.2. The van der Waals surface area contributed by atoms with Gasteiger partial charge in [-0.3, -0.25) is 0 Å². The summed E-state index contributed by atoms with van der Waals surface area (Å²) in [4.78, 5) is 10.5. The number of fused-ring (bicyclic) bond motifs is 1. The Morgan fingerprint density at radius 2 is 1.53 bits per heavy atom. The molecule has 0 aliphatic carbocycles. The summed E-state index contributed by atoms with van der Waals surface area (Å²) < 4.78 is 0. The second-order valence-electron chi connectivity index (χ2n) is 3.51. The molecule has 15 heavy (non-hydrogen) atoms. The molecule has 0 spiro atoms. The van der Waals surface area contributed by atoms with Gasteiger partial charge in [-0.05, 0) is 11.6 Å². The maximum absolute atomic E-state index is 5.31. The molecule has 1 unspecified atom stereocenters. The monoisotopic (exact) mass is 198 g/mol. The Bertz CT molecular complexity index is 465. The number of hydrogen-bond donors (Lipinski definition) is 0. The lowest BCUT2D eigenvalue weighted by Crippen LogP contribution is -1.98. The fourth-order valence-electron chi connectivity index (χ4n) is 1.79. The largest absolute Gasteiger partial charge is 0.336 e. The van der Waals surface area contributed by atoms with Gasteiger partial charge in [0, 0.05) is 5.56 Å². The van der Waals surface area contributed by atoms with Gasteiger partial charge in [-0.2, -0.15) is 4.89 Å². The van der Waals surface area contributed by atoms with Crippen molar-refractivity contribution in [3.05, 3.63) is 65.7 Å². The second-order valence-corrected chi connectivity index (χ2v) is 3.51. The maximum atomic E-state index is 5.31. The minimum Gasteiger partial charge on any atom is -0.336 e. The molecule has 0 radical (unpaired) electrons. The molecule has 0 saturated heterocycles. The lowest BCUT2D eigenvalue weighted by molar-refractivity contribution is -0.212. The molecule has 1 atom stereocenters. The minimum atomic E-state index is -0.0950. The zero-order valence-corrected chi connectivity index (χ0v) is 8.09. The fourth-order valence-corrected chi connectivity index (χ4v) is 1.79. The van der Waals surface area contributed by atoms with Gasteiger partial charge >= 0.3 is 0 Å². The van der Waals surface area contributed by atoms with Gasteiger partial charge in [0.1, 0.15) is 0 Å². The van der Waals surface area contributed by atoms with Crippen LogP contribution in [0.2, 0.25) is 0 Å². The molecule has 1 aliphatic rings. The normalized spacial score (nSPS) is 18.3. The standard InChI is InChI=1S/C13H10O2/c1-2-6-10(7-3-1)13-11-8-4-5-9-12(11)14-15-13/h1-9,13H. The third kappa shape index (κ3) is 1.39. The van der Waals surface area contributed by atoms with E-state index in [0.717, 1.165) is 16.9 Å². The van der Waals surface area contributed by atoms with E-state index in [1.807, 2.05) is 54.6 Å². The average Bonchev–Trinajstić information content (AvgIpc) is 2.74. The summed E-state index contributed by atoms with van der Waals surface area (Å²) in [6.45, 7) is 0. The lowest BCUT2D eigenvalue weighted by atomic mass is 10.0. The van der Waals surface area contributed by atoms with E-state index in [4.69, 9.17) is 9.78 Å². The van der Waals surface area contributed by atoms with Gasteiger partial charge in [0.15, 0.2) is 11.9 Å². The van der Waals surface area contributed by atoms with Crippen LogP contribution < -0.4 is 4.89 Å². The van der Waals surface area contributed by atoms with Crippen molar-refractivity contribution in [1.82, 2.24) is 0 Å². The highest BCUT2D eigenvalue weighted by molar-refractivity contribution is 5.41. The lowest BCUT2D eigenvalue weighted by Gasteiger charge is -2.06. The molecule has 2 aromatic rings. The zero-order valence-electron chi connectivity index (χ0n) is 8.09. The predicted molar refractivity (Wildman–Crippen MR) is 56.4 cm³/mol. The van der Waals surface area contributed by atoms with Crippen LogP contribution in [-0.4, -0.2) is 0 Å². The first kappa shape index (κ1) is 8.50. The van der Waals surface area contributed by atoms with E-state index in [1.165, 1.54) is 0 Å². The Labute approximate surface area is 88.0 Å². The Morgan fingerprint density at radius 3 is 2.40 bits per heavy atom. The van der Waals surface area contributed by atoms with Crippen molar-refractivity contribution >= 4 is 0 Å². The van der Waals surface area contributed by atoms with Gasteiger partial charge in [-0.1, -0.05) is 48.5 Å². The van der Waals surface area contributed by atoms with Crippen LogP contribution >= 0.6 is 0 Å². The molecule has 0 aromatic heterocycles. The summed E-state index contributed by atoms with van der Waals surface area (Å²) in [6.07, 6.45) is -0.0950. The third-order valence-electron chi connectivity index (χ3n) is 2.54. The SMILES string of the molecule is c1ccc(C2OOc3ccccc32)cc1. The molecular weight excluding hydrogens is 188 g/mol. The molecule has 2 heteroatoms. The molecule has 0 bridgehead atoms. The predicted octanol–water partition coefficient (Wildman–Crippen LogP) is 3.10. The number of hydrogen-bond acceptors (Lipinski definition) is 2. The van der Waals surface area contributed by atoms with Gasteiger partial charge in [0.25, 0.3) is 0 Å². The van der Waals surface area contributed by atoms with Gasteiger partial charge < -0.3 is 4.89 Å². The van der Waals surface area contributed by atoms with Crippen molar-refractivity contribution in [2.45, 2.75) is 6.10 Å². The molecule has 2 aromatic carbocycles. The first-order valence-corrected chi connectivity index (χ1v) is 4.92. The molecule has 74 valence electrons. The minimum absolute atomic E-state index is 0.0950. The van der Waals surface area contributed by atoms with Crippen LogP contribution in [0.15, 0.2) is 54.6 Å². The summed E-state index contributed by atoms with van der Waals surface area (Å²) in [7, 11) is 0. The summed E-state index contributed by atoms with van der Waals surface area (Å²) in [6, 6.07) is 17.9. The Kier molecular flexibility index (Phi) is 1.93. The molecule has 0 amide bonds. The number of rotatable bonds is 1. The van der Waals surface area contributed by atoms with E-state index in [-0.39, 0.29) is 6.10 Å². The number of para-hydroxylation sites is 1. The molecule has 3 rings (SSSR count). The Hall–Kier alpha value is -1.80. The van der Waals surface area contributed by atoms with E-state index in [2.05, 4.69) is 0 Å². The summed E-state index contributed by atoms with van der Waals surface area (Å²) in [5.41, 5.74) is 2.20. The molecular formula is C13H10O2. The van der Waals surface area contributed by atoms with Gasteiger partial charge in [-0.15, -0.1) is 0 Å². The first-order chi connectivity index (χ1) is 7.45. The van der Waals surface area contributed by atoms with Gasteiger partial charge in [0.05, 0.1) is 0 Å². The highest BCUT2D eigenvalue weighted by Crippen LogP contribution is 2.38. The van der Waals surface area contributed by atoms with E-state index in [1.54, 1.807) is 0 Å². The van der Waals surface area contributed by atoms with Crippen molar-refractivity contribution in [3.8, 4) is 5.75 Å². The summed E-state index contributed by atoms with van der Waals surface area (Å²) >= 11 is 0. The maximum Gasteiger partial charge on any atom is 0.171 e. The van der Waals surface area contributed by atoms with Crippen molar-refractivity contribution in [2.24, 2.45) is 0 Å². The Balaban J connectivity index is 2.05. The summed E-state index contributed by atoms with van der Waals surface area (Å²) in [5.74, 6) is 0.811. The number of benzene rings is 2. The van der Waals surface area contributed by atoms with Gasteiger partial charge in [-0.25, -0.2) is 0 Å². The van der Waals surface area contributed by atoms with Crippen molar-refractivity contribution in [3.63, 3.8) is 0 Å². The van der Waals surface area contributed by atoms with Crippen LogP contribution in [0.1, 0.15) is 17.2 Å². The van der Waals surface area contributed by atoms with Crippen LogP contribution in [-0.2, 0) is 4.89 Å². The fraction of sp³-hybridized carbons (Fsp3) is 0.0769. The molecule has 1 heterocycles. The van der Waals surface area contributed by atoms with Crippen molar-refractivity contribution < 1.29 is 9.78 Å². The van der Waals surface area contributed by atoms with Crippen LogP contribution in [0.3, 0.4) is 0 Å². The van der Waals surface area contributed by atoms with Crippen molar-refractivity contribution in [1.29, 1.82) is 0 Å². The smallest absolute Gasteiger partial charge is 0.171 e. The van der Waals surface area contributed by atoms with Gasteiger partial charge in [0.2, 0.25) is 0 Å². The van der Waals surface area contributed by atoms with E-state index >= 15 is 0 Å². The quantitative estimate of drug-likeness (QED) is 0.655. The molecule has 2 nitrogen and oxygen atoms in total. The van der Waals surface area contributed by atoms with E-state index in [0.29, 0.717) is 0 Å². The average molecular weight is 198 g/mol. The van der Waals surface area contributed by atoms with E-state index in [9.17, 15) is 0 Å². The van der Waals surface area contributed by atoms with Crippen LogP contribution in [0.4, 0.5) is 0 Å². The molecule has 0 N–H and O–H groups in total. The Morgan fingerprint density at radius 1 is 0.800 bits per heavy atom. The van der Waals surface area contributed by atoms with E-state index < -0.39 is 0 Å². The summed E-state index contributed by atoms with van der Waals surface area (Å²) in [5, 5.41) is 0. The second kappa shape index (κ2) is 3.41. The third-order valence-corrected chi connectivity index (χ3v) is 2.54. The highest BCUT2D eigenvalue weighted by Gasteiger charge is 2.26. The van der Waals surface area contributed by atoms with Crippen LogP contribution in [0, 0.1) is 0 Å². The topological polar surface area (TPSA) is 18.5 Å². The van der Waals surface area contributed by atoms with Crippen LogP contribution in [0.25, 0.3) is 0 Å². The molecule has 0 saturated carbocycles. The molecule has 0 fully saturated rings. The molecule has 1 aliphatic heterocycles. The van der Waals surface area contributed by atoms with Crippen molar-refractivity contribution in [2.75, 3.05) is 0 Å². The zero-order chi connectivity index (χ0) is 10.1. The first-order valence-electron chi connectivity index (χ1n) is 4.92.